The smallest absolute Gasteiger partial charge is 0.253 e. The Bertz CT molecular complexity index is 210. The van der Waals surface area contributed by atoms with Gasteiger partial charge in [-0.25, -0.2) is 0 Å². The van der Waals surface area contributed by atoms with Crippen molar-refractivity contribution >= 4 is 5.91 Å². The Morgan fingerprint density at radius 1 is 1.57 bits per heavy atom. The molecule has 0 spiro atoms. The van der Waals surface area contributed by atoms with E-state index in [1.54, 1.807) is 4.90 Å². The highest BCUT2D eigenvalue weighted by Crippen LogP contribution is 2.18. The lowest BCUT2D eigenvalue weighted by Crippen LogP contribution is -2.49. The van der Waals surface area contributed by atoms with Crippen molar-refractivity contribution in [3.63, 3.8) is 0 Å². The summed E-state index contributed by atoms with van der Waals surface area (Å²) in [7, 11) is 0. The zero-order valence-electron chi connectivity index (χ0n) is 8.86. The minimum atomic E-state index is -1.29. The lowest BCUT2D eigenvalue weighted by atomic mass is 9.97. The standard InChI is InChI=1S/C10H19NO3/c1-10(2,14)9(13)11-5-3-4-8(6-11)7-12/h8,12,14H,3-7H2,1-2H3. The lowest BCUT2D eigenvalue weighted by molar-refractivity contribution is -0.150. The number of nitrogens with zero attached hydrogens (tertiary/aromatic N) is 1. The third kappa shape index (κ3) is 2.69. The first-order valence-electron chi connectivity index (χ1n) is 5.07. The number of likely N-dealkylation sites (tertiary alicyclic amines) is 1. The molecule has 14 heavy (non-hydrogen) atoms. The molecule has 0 radical (unpaired) electrons. The quantitative estimate of drug-likeness (QED) is 0.660. The molecule has 1 heterocycles. The van der Waals surface area contributed by atoms with Gasteiger partial charge < -0.3 is 15.1 Å². The van der Waals surface area contributed by atoms with Gasteiger partial charge in [-0.1, -0.05) is 0 Å². The highest BCUT2D eigenvalue weighted by molar-refractivity contribution is 5.84. The molecule has 1 rings (SSSR count). The van der Waals surface area contributed by atoms with Crippen molar-refractivity contribution in [2.45, 2.75) is 32.3 Å². The minimum Gasteiger partial charge on any atom is -0.396 e. The van der Waals surface area contributed by atoms with Crippen LogP contribution >= 0.6 is 0 Å². The van der Waals surface area contributed by atoms with Crippen LogP contribution in [-0.4, -0.2) is 46.3 Å². The van der Waals surface area contributed by atoms with E-state index < -0.39 is 5.60 Å². The molecule has 1 saturated heterocycles. The van der Waals surface area contributed by atoms with Gasteiger partial charge in [0.1, 0.15) is 5.60 Å². The van der Waals surface area contributed by atoms with E-state index in [4.69, 9.17) is 5.11 Å². The van der Waals surface area contributed by atoms with Crippen LogP contribution in [0.3, 0.4) is 0 Å². The van der Waals surface area contributed by atoms with Gasteiger partial charge in [0.15, 0.2) is 0 Å². The number of hydrogen-bond donors (Lipinski definition) is 2. The van der Waals surface area contributed by atoms with Crippen LogP contribution in [0.15, 0.2) is 0 Å². The van der Waals surface area contributed by atoms with Gasteiger partial charge >= 0.3 is 0 Å². The Kier molecular flexibility index (Phi) is 3.50. The maximum Gasteiger partial charge on any atom is 0.253 e. The van der Waals surface area contributed by atoms with Gasteiger partial charge in [-0.15, -0.1) is 0 Å². The zero-order chi connectivity index (χ0) is 10.8. The fourth-order valence-corrected chi connectivity index (χ4v) is 1.79. The van der Waals surface area contributed by atoms with Crippen LogP contribution in [0.2, 0.25) is 0 Å². The number of carbonyl (C=O) groups is 1. The molecule has 2 N–H and O–H groups in total. The van der Waals surface area contributed by atoms with Crippen molar-refractivity contribution in [2.75, 3.05) is 19.7 Å². The third-order valence-corrected chi connectivity index (χ3v) is 2.59. The highest BCUT2D eigenvalue weighted by Gasteiger charge is 2.32. The Balaban J connectivity index is 2.56. The largest absolute Gasteiger partial charge is 0.396 e. The summed E-state index contributed by atoms with van der Waals surface area (Å²) in [5, 5.41) is 18.5. The molecule has 1 atom stereocenters. The van der Waals surface area contributed by atoms with Crippen molar-refractivity contribution in [1.29, 1.82) is 0 Å². The summed E-state index contributed by atoms with van der Waals surface area (Å²) in [5.41, 5.74) is -1.29. The Labute approximate surface area is 84.5 Å². The second-order valence-corrected chi connectivity index (χ2v) is 4.50. The van der Waals surface area contributed by atoms with Gasteiger partial charge in [0, 0.05) is 19.7 Å². The maximum absolute atomic E-state index is 11.7. The van der Waals surface area contributed by atoms with Crippen LogP contribution in [0.1, 0.15) is 26.7 Å². The molecule has 4 heteroatoms. The molecule has 0 saturated carbocycles. The number of hydrogen-bond acceptors (Lipinski definition) is 3. The van der Waals surface area contributed by atoms with Gasteiger partial charge in [0.2, 0.25) is 0 Å². The molecule has 4 nitrogen and oxygen atoms in total. The lowest BCUT2D eigenvalue weighted by Gasteiger charge is -2.35. The van der Waals surface area contributed by atoms with Gasteiger partial charge in [0.25, 0.3) is 5.91 Å². The predicted octanol–water partition coefficient (Wildman–Crippen LogP) is -0.0118. The fourth-order valence-electron chi connectivity index (χ4n) is 1.79. The van der Waals surface area contributed by atoms with E-state index >= 15 is 0 Å². The summed E-state index contributed by atoms with van der Waals surface area (Å²) in [5.74, 6) is -0.0642. The fraction of sp³-hybridized carbons (Fsp3) is 0.900. The van der Waals surface area contributed by atoms with Crippen LogP contribution in [0.4, 0.5) is 0 Å². The average molecular weight is 201 g/mol. The molecular formula is C10H19NO3. The maximum atomic E-state index is 11.7. The monoisotopic (exact) mass is 201 g/mol. The summed E-state index contributed by atoms with van der Waals surface area (Å²) in [4.78, 5) is 13.3. The van der Waals surface area contributed by atoms with E-state index in [9.17, 15) is 9.90 Å². The molecule has 0 bridgehead atoms. The first-order chi connectivity index (χ1) is 6.45. The Morgan fingerprint density at radius 3 is 2.71 bits per heavy atom. The molecule has 1 aliphatic heterocycles. The van der Waals surface area contributed by atoms with Crippen LogP contribution < -0.4 is 0 Å². The van der Waals surface area contributed by atoms with Crippen LogP contribution in [0, 0.1) is 5.92 Å². The van der Waals surface area contributed by atoms with Crippen LogP contribution in [-0.2, 0) is 4.79 Å². The topological polar surface area (TPSA) is 60.8 Å². The number of aliphatic hydroxyl groups is 2. The molecule has 0 aromatic heterocycles. The molecule has 82 valence electrons. The number of rotatable bonds is 2. The third-order valence-electron chi connectivity index (χ3n) is 2.59. The van der Waals surface area contributed by atoms with Gasteiger partial charge in [0.05, 0.1) is 0 Å². The molecule has 1 aliphatic rings. The molecule has 0 aromatic rings. The molecule has 1 unspecified atom stereocenters. The van der Waals surface area contributed by atoms with E-state index in [1.165, 1.54) is 13.8 Å². The zero-order valence-corrected chi connectivity index (χ0v) is 8.86. The molecule has 1 amide bonds. The summed E-state index contributed by atoms with van der Waals surface area (Å²) in [6.45, 7) is 4.38. The van der Waals surface area contributed by atoms with Crippen molar-refractivity contribution < 1.29 is 15.0 Å². The molecule has 0 aromatic carbocycles. The first-order valence-corrected chi connectivity index (χ1v) is 5.07. The number of carbonyl (C=O) groups excluding carboxylic acids is 1. The predicted molar refractivity (Wildman–Crippen MR) is 52.7 cm³/mol. The number of piperidine rings is 1. The normalized spacial score (nSPS) is 23.7. The minimum absolute atomic E-state index is 0.121. The first kappa shape index (κ1) is 11.5. The number of aliphatic hydroxyl groups excluding tert-OH is 1. The van der Waals surface area contributed by atoms with Crippen molar-refractivity contribution in [3.05, 3.63) is 0 Å². The SMILES string of the molecule is CC(C)(O)C(=O)N1CCCC(CO)C1. The van der Waals surface area contributed by atoms with Crippen molar-refractivity contribution in [3.8, 4) is 0 Å². The Morgan fingerprint density at radius 2 is 2.21 bits per heavy atom. The van der Waals surface area contributed by atoms with E-state index in [0.717, 1.165) is 12.8 Å². The second-order valence-electron chi connectivity index (χ2n) is 4.50. The van der Waals surface area contributed by atoms with E-state index in [1.807, 2.05) is 0 Å². The van der Waals surface area contributed by atoms with Crippen molar-refractivity contribution in [1.82, 2.24) is 4.90 Å². The van der Waals surface area contributed by atoms with Crippen LogP contribution in [0.25, 0.3) is 0 Å². The van der Waals surface area contributed by atoms with E-state index in [2.05, 4.69) is 0 Å². The number of amides is 1. The average Bonchev–Trinajstić information content (AvgIpc) is 2.15. The second kappa shape index (κ2) is 4.28. The van der Waals surface area contributed by atoms with Crippen molar-refractivity contribution in [2.24, 2.45) is 5.92 Å². The Hall–Kier alpha value is -0.610. The summed E-state index contributed by atoms with van der Waals surface area (Å²) in [6.07, 6.45) is 1.87. The van der Waals surface area contributed by atoms with Gasteiger partial charge in [-0.2, -0.15) is 0 Å². The van der Waals surface area contributed by atoms with E-state index in [-0.39, 0.29) is 18.4 Å². The summed E-state index contributed by atoms with van der Waals surface area (Å²) < 4.78 is 0. The van der Waals surface area contributed by atoms with E-state index in [0.29, 0.717) is 13.1 Å². The molecular weight excluding hydrogens is 182 g/mol. The summed E-state index contributed by atoms with van der Waals surface area (Å²) in [6, 6.07) is 0. The van der Waals surface area contributed by atoms with Crippen LogP contribution in [0.5, 0.6) is 0 Å². The summed E-state index contributed by atoms with van der Waals surface area (Å²) >= 11 is 0. The highest BCUT2D eigenvalue weighted by atomic mass is 16.3. The van der Waals surface area contributed by atoms with Gasteiger partial charge in [-0.3, -0.25) is 4.79 Å². The molecule has 0 aliphatic carbocycles. The molecule has 1 fully saturated rings. The van der Waals surface area contributed by atoms with Gasteiger partial charge in [-0.05, 0) is 32.6 Å².